The van der Waals surface area contributed by atoms with E-state index >= 15 is 0 Å². The van der Waals surface area contributed by atoms with Gasteiger partial charge in [0.2, 0.25) is 0 Å². The number of piperazine rings is 1. The van der Waals surface area contributed by atoms with Crippen LogP contribution >= 0.6 is 0 Å². The summed E-state index contributed by atoms with van der Waals surface area (Å²) in [6, 6.07) is 15.0. The number of aryl methyl sites for hydroxylation is 2. The Kier molecular flexibility index (Phi) is 5.76. The molecule has 1 aliphatic carbocycles. The molecule has 5 nitrogen and oxygen atoms in total. The minimum Gasteiger partial charge on any atom is -0.369 e. The Hall–Kier alpha value is -2.53. The Labute approximate surface area is 174 Å². The second kappa shape index (κ2) is 8.46. The molecule has 0 unspecified atom stereocenters. The SMILES string of the molecule is Cc1cc(N2CCN(C)CC2)ccc1NC(=O)N(C)[C@H]1CCCc2ccccc21. The van der Waals surface area contributed by atoms with Gasteiger partial charge in [-0.1, -0.05) is 24.3 Å². The van der Waals surface area contributed by atoms with Gasteiger partial charge in [0, 0.05) is 44.6 Å². The third-order valence-electron chi connectivity index (χ3n) is 6.45. The number of likely N-dealkylation sites (N-methyl/N-ethyl adjacent to an activating group) is 1. The molecule has 4 rings (SSSR count). The number of nitrogens with zero attached hydrogens (tertiary/aromatic N) is 3. The lowest BCUT2D eigenvalue weighted by molar-refractivity contribution is 0.197. The highest BCUT2D eigenvalue weighted by Crippen LogP contribution is 2.34. The van der Waals surface area contributed by atoms with Crippen molar-refractivity contribution in [2.24, 2.45) is 0 Å². The number of benzene rings is 2. The van der Waals surface area contributed by atoms with Crippen LogP contribution in [0, 0.1) is 6.92 Å². The van der Waals surface area contributed by atoms with Gasteiger partial charge in [0.25, 0.3) is 0 Å². The van der Waals surface area contributed by atoms with Crippen LogP contribution in [0.25, 0.3) is 0 Å². The quantitative estimate of drug-likeness (QED) is 0.847. The van der Waals surface area contributed by atoms with Gasteiger partial charge < -0.3 is 20.0 Å². The zero-order valence-electron chi connectivity index (χ0n) is 17.8. The first-order chi connectivity index (χ1) is 14.0. The summed E-state index contributed by atoms with van der Waals surface area (Å²) in [6.45, 7) is 6.35. The number of rotatable bonds is 3. The first kappa shape index (κ1) is 19.8. The molecule has 2 aliphatic rings. The molecule has 1 fully saturated rings. The van der Waals surface area contributed by atoms with Crippen molar-refractivity contribution in [3.8, 4) is 0 Å². The standard InChI is InChI=1S/C24H32N4O/c1-18-17-20(28-15-13-26(2)14-16-28)11-12-22(18)25-24(29)27(3)23-10-6-8-19-7-4-5-9-21(19)23/h4-5,7,9,11-12,17,23H,6,8,10,13-16H2,1-3H3,(H,25,29)/t23-/m0/s1. The van der Waals surface area contributed by atoms with E-state index in [-0.39, 0.29) is 12.1 Å². The van der Waals surface area contributed by atoms with Crippen LogP contribution in [-0.4, -0.2) is 56.1 Å². The van der Waals surface area contributed by atoms with E-state index in [1.807, 2.05) is 18.0 Å². The molecule has 29 heavy (non-hydrogen) atoms. The van der Waals surface area contributed by atoms with Gasteiger partial charge in [0.1, 0.15) is 0 Å². The zero-order chi connectivity index (χ0) is 20.4. The Morgan fingerprint density at radius 1 is 1.10 bits per heavy atom. The summed E-state index contributed by atoms with van der Waals surface area (Å²) in [5, 5.41) is 3.14. The molecule has 1 heterocycles. The number of carbonyl (C=O) groups excluding carboxylic acids is 1. The first-order valence-corrected chi connectivity index (χ1v) is 10.7. The van der Waals surface area contributed by atoms with Crippen LogP contribution in [0.4, 0.5) is 16.2 Å². The second-order valence-corrected chi connectivity index (χ2v) is 8.44. The third kappa shape index (κ3) is 4.25. The summed E-state index contributed by atoms with van der Waals surface area (Å²) < 4.78 is 0. The van der Waals surface area contributed by atoms with Crippen molar-refractivity contribution in [3.05, 3.63) is 59.2 Å². The van der Waals surface area contributed by atoms with Crippen LogP contribution in [0.2, 0.25) is 0 Å². The Morgan fingerprint density at radius 2 is 1.86 bits per heavy atom. The summed E-state index contributed by atoms with van der Waals surface area (Å²) in [5.74, 6) is 0. The molecule has 1 N–H and O–H groups in total. The monoisotopic (exact) mass is 392 g/mol. The first-order valence-electron chi connectivity index (χ1n) is 10.7. The highest BCUT2D eigenvalue weighted by molar-refractivity contribution is 5.90. The molecule has 1 aliphatic heterocycles. The molecule has 2 aromatic rings. The Morgan fingerprint density at radius 3 is 2.62 bits per heavy atom. The van der Waals surface area contributed by atoms with Gasteiger partial charge in [0.15, 0.2) is 0 Å². The molecule has 5 heteroatoms. The van der Waals surface area contributed by atoms with Crippen LogP contribution < -0.4 is 10.2 Å². The van der Waals surface area contributed by atoms with Gasteiger partial charge in [-0.3, -0.25) is 0 Å². The van der Waals surface area contributed by atoms with E-state index in [0.717, 1.165) is 56.7 Å². The maximum atomic E-state index is 13.0. The number of anilines is 2. The number of urea groups is 1. The molecule has 2 aromatic carbocycles. The molecule has 2 amide bonds. The highest BCUT2D eigenvalue weighted by Gasteiger charge is 2.26. The Balaban J connectivity index is 1.44. The minimum atomic E-state index is -0.0397. The highest BCUT2D eigenvalue weighted by atomic mass is 16.2. The second-order valence-electron chi connectivity index (χ2n) is 8.44. The van der Waals surface area contributed by atoms with Gasteiger partial charge >= 0.3 is 6.03 Å². The molecule has 1 saturated heterocycles. The van der Waals surface area contributed by atoms with Gasteiger partial charge in [-0.15, -0.1) is 0 Å². The number of amides is 2. The van der Waals surface area contributed by atoms with Crippen molar-refractivity contribution in [1.82, 2.24) is 9.80 Å². The summed E-state index contributed by atoms with van der Waals surface area (Å²) >= 11 is 0. The summed E-state index contributed by atoms with van der Waals surface area (Å²) in [6.07, 6.45) is 3.25. The maximum Gasteiger partial charge on any atom is 0.322 e. The summed E-state index contributed by atoms with van der Waals surface area (Å²) in [7, 11) is 4.08. The predicted octanol–water partition coefficient (Wildman–Crippen LogP) is 4.29. The molecule has 0 aromatic heterocycles. The molecular weight excluding hydrogens is 360 g/mol. The van der Waals surface area contributed by atoms with Crippen LogP contribution in [0.15, 0.2) is 42.5 Å². The van der Waals surface area contributed by atoms with E-state index in [1.165, 1.54) is 16.8 Å². The third-order valence-corrected chi connectivity index (χ3v) is 6.45. The fourth-order valence-corrected chi connectivity index (χ4v) is 4.52. The van der Waals surface area contributed by atoms with E-state index < -0.39 is 0 Å². The molecule has 0 spiro atoms. The van der Waals surface area contributed by atoms with Crippen molar-refractivity contribution in [2.75, 3.05) is 50.5 Å². The van der Waals surface area contributed by atoms with Crippen LogP contribution in [-0.2, 0) is 6.42 Å². The van der Waals surface area contributed by atoms with Crippen molar-refractivity contribution >= 4 is 17.4 Å². The lowest BCUT2D eigenvalue weighted by Gasteiger charge is -2.34. The topological polar surface area (TPSA) is 38.8 Å². The van der Waals surface area contributed by atoms with Crippen molar-refractivity contribution < 1.29 is 4.79 Å². The zero-order valence-corrected chi connectivity index (χ0v) is 17.8. The van der Waals surface area contributed by atoms with Crippen molar-refractivity contribution in [3.63, 3.8) is 0 Å². The maximum absolute atomic E-state index is 13.0. The lowest BCUT2D eigenvalue weighted by Crippen LogP contribution is -2.44. The van der Waals surface area contributed by atoms with Gasteiger partial charge in [-0.05, 0) is 68.1 Å². The molecule has 154 valence electrons. The minimum absolute atomic E-state index is 0.0397. The number of fused-ring (bicyclic) bond motifs is 1. The number of nitrogens with one attached hydrogen (secondary N) is 1. The number of hydrogen-bond acceptors (Lipinski definition) is 3. The fourth-order valence-electron chi connectivity index (χ4n) is 4.52. The van der Waals surface area contributed by atoms with E-state index in [2.05, 4.69) is 65.5 Å². The van der Waals surface area contributed by atoms with E-state index in [9.17, 15) is 4.79 Å². The van der Waals surface area contributed by atoms with Gasteiger partial charge in [-0.2, -0.15) is 0 Å². The van der Waals surface area contributed by atoms with Crippen molar-refractivity contribution in [1.29, 1.82) is 0 Å². The fraction of sp³-hybridized carbons (Fsp3) is 0.458. The number of carbonyl (C=O) groups is 1. The van der Waals surface area contributed by atoms with Crippen LogP contribution in [0.1, 0.15) is 35.6 Å². The van der Waals surface area contributed by atoms with E-state index in [1.54, 1.807) is 0 Å². The molecule has 0 radical (unpaired) electrons. The van der Waals surface area contributed by atoms with Gasteiger partial charge in [-0.25, -0.2) is 4.79 Å². The smallest absolute Gasteiger partial charge is 0.322 e. The van der Waals surface area contributed by atoms with E-state index in [0.29, 0.717) is 0 Å². The largest absolute Gasteiger partial charge is 0.369 e. The molecular formula is C24H32N4O. The molecule has 0 bridgehead atoms. The molecule has 0 saturated carbocycles. The lowest BCUT2D eigenvalue weighted by atomic mass is 9.87. The number of hydrogen-bond donors (Lipinski definition) is 1. The Bertz CT molecular complexity index is 873. The average molecular weight is 393 g/mol. The van der Waals surface area contributed by atoms with E-state index in [4.69, 9.17) is 0 Å². The predicted molar refractivity (Wildman–Crippen MR) is 120 cm³/mol. The summed E-state index contributed by atoms with van der Waals surface area (Å²) in [4.78, 5) is 19.6. The average Bonchev–Trinajstić information content (AvgIpc) is 2.74. The van der Waals surface area contributed by atoms with Crippen LogP contribution in [0.5, 0.6) is 0 Å². The molecule has 1 atom stereocenters. The normalized spacial score (nSPS) is 19.6. The van der Waals surface area contributed by atoms with Gasteiger partial charge in [0.05, 0.1) is 6.04 Å². The summed E-state index contributed by atoms with van der Waals surface area (Å²) in [5.41, 5.74) is 5.90. The van der Waals surface area contributed by atoms with Crippen LogP contribution in [0.3, 0.4) is 0 Å². The van der Waals surface area contributed by atoms with Crippen molar-refractivity contribution in [2.45, 2.75) is 32.2 Å².